The third-order valence-electron chi connectivity index (χ3n) is 3.45. The van der Waals surface area contributed by atoms with E-state index in [-0.39, 0.29) is 5.25 Å². The Kier molecular flexibility index (Phi) is 3.94. The normalized spacial score (nSPS) is 14.2. The van der Waals surface area contributed by atoms with Gasteiger partial charge in [0, 0.05) is 17.4 Å². The Morgan fingerprint density at radius 2 is 2.14 bits per heavy atom. The molecule has 0 radical (unpaired) electrons. The summed E-state index contributed by atoms with van der Waals surface area (Å²) < 4.78 is 12.8. The van der Waals surface area contributed by atoms with Crippen molar-refractivity contribution in [2.24, 2.45) is 0 Å². The van der Waals surface area contributed by atoms with Crippen molar-refractivity contribution < 1.29 is 4.55 Å². The number of pyridine rings is 1. The zero-order valence-electron chi connectivity index (χ0n) is 12.0. The second-order valence-electron chi connectivity index (χ2n) is 5.01. The van der Waals surface area contributed by atoms with Crippen LogP contribution in [-0.2, 0) is 11.2 Å². The van der Waals surface area contributed by atoms with Crippen molar-refractivity contribution in [3.05, 3.63) is 53.9 Å². The molecule has 21 heavy (non-hydrogen) atoms. The van der Waals surface area contributed by atoms with Crippen LogP contribution in [0.4, 0.5) is 0 Å². The van der Waals surface area contributed by atoms with Gasteiger partial charge in [-0.15, -0.1) is 0 Å². The third kappa shape index (κ3) is 2.80. The molecule has 3 rings (SSSR count). The van der Waals surface area contributed by atoms with E-state index in [4.69, 9.17) is 0 Å². The Morgan fingerprint density at radius 1 is 1.29 bits per heavy atom. The maximum atomic E-state index is 12.8. The molecule has 0 spiro atoms. The smallest absolute Gasteiger partial charge is 0.322 e. The van der Waals surface area contributed by atoms with Crippen LogP contribution in [0.3, 0.4) is 0 Å². The van der Waals surface area contributed by atoms with Crippen LogP contribution in [0.2, 0.25) is 0 Å². The number of imidazole rings is 1. The maximum Gasteiger partial charge on any atom is 0.322 e. The molecule has 3 aromatic rings. The van der Waals surface area contributed by atoms with E-state index >= 15 is 0 Å². The Labute approximate surface area is 126 Å². The van der Waals surface area contributed by atoms with Crippen LogP contribution in [0.15, 0.2) is 47.8 Å². The van der Waals surface area contributed by atoms with Gasteiger partial charge in [-0.2, -0.15) is 4.98 Å². The minimum absolute atomic E-state index is 0.146. The average molecular weight is 299 g/mol. The number of hydrogen-bond acceptors (Lipinski definition) is 3. The molecule has 0 saturated carbocycles. The summed E-state index contributed by atoms with van der Waals surface area (Å²) in [5.74, 6) is 0. The van der Waals surface area contributed by atoms with Gasteiger partial charge >= 0.3 is 5.16 Å². The SMILES string of the molecule is CCC(c1ccccn1)[S+]([O-])c1nc2ccc(C)cc2[nH]1. The molecule has 2 atom stereocenters. The molecular weight excluding hydrogens is 282 g/mol. The molecule has 1 N–H and O–H groups in total. The third-order valence-corrected chi connectivity index (χ3v) is 5.12. The number of nitrogens with one attached hydrogen (secondary N) is 1. The lowest BCUT2D eigenvalue weighted by Crippen LogP contribution is -2.15. The van der Waals surface area contributed by atoms with Crippen LogP contribution in [0.5, 0.6) is 0 Å². The van der Waals surface area contributed by atoms with Crippen LogP contribution in [0, 0.1) is 6.92 Å². The first kappa shape index (κ1) is 14.1. The monoisotopic (exact) mass is 299 g/mol. The number of hydrogen-bond donors (Lipinski definition) is 1. The average Bonchev–Trinajstić information content (AvgIpc) is 2.92. The van der Waals surface area contributed by atoms with E-state index in [1.54, 1.807) is 6.20 Å². The molecule has 0 saturated heterocycles. The van der Waals surface area contributed by atoms with Gasteiger partial charge in [-0.25, -0.2) is 0 Å². The molecule has 0 fully saturated rings. The Balaban J connectivity index is 1.96. The highest BCUT2D eigenvalue weighted by atomic mass is 32.2. The van der Waals surface area contributed by atoms with E-state index in [1.807, 2.05) is 50.2 Å². The molecular formula is C16H17N3OS. The van der Waals surface area contributed by atoms with Gasteiger partial charge in [0.1, 0.15) is 0 Å². The zero-order chi connectivity index (χ0) is 14.8. The fourth-order valence-corrected chi connectivity index (χ4v) is 3.70. The van der Waals surface area contributed by atoms with Gasteiger partial charge in [-0.05, 0) is 43.2 Å². The molecule has 0 amide bonds. The molecule has 2 unspecified atom stereocenters. The van der Waals surface area contributed by atoms with Crippen molar-refractivity contribution in [1.29, 1.82) is 0 Å². The molecule has 2 heterocycles. The first-order chi connectivity index (χ1) is 10.2. The lowest BCUT2D eigenvalue weighted by atomic mass is 10.2. The molecule has 0 aliphatic carbocycles. The molecule has 4 nitrogen and oxygen atoms in total. The van der Waals surface area contributed by atoms with Gasteiger partial charge in [-0.3, -0.25) is 9.97 Å². The standard InChI is InChI=1S/C16H17N3OS/c1-3-15(13-6-4-5-9-17-13)21(20)16-18-12-8-7-11(2)10-14(12)19-16/h4-10,15H,3H2,1-2H3,(H,18,19). The summed E-state index contributed by atoms with van der Waals surface area (Å²) in [6.45, 7) is 4.05. The van der Waals surface area contributed by atoms with Crippen molar-refractivity contribution in [3.63, 3.8) is 0 Å². The second kappa shape index (κ2) is 5.87. The Hall–Kier alpha value is -1.85. The van der Waals surface area contributed by atoms with E-state index in [2.05, 4.69) is 15.0 Å². The van der Waals surface area contributed by atoms with Crippen LogP contribution < -0.4 is 0 Å². The van der Waals surface area contributed by atoms with Crippen LogP contribution in [-0.4, -0.2) is 19.5 Å². The van der Waals surface area contributed by atoms with Crippen molar-refractivity contribution in [2.75, 3.05) is 0 Å². The van der Waals surface area contributed by atoms with E-state index in [1.165, 1.54) is 0 Å². The van der Waals surface area contributed by atoms with E-state index in [0.717, 1.165) is 28.7 Å². The number of aromatic nitrogens is 3. The van der Waals surface area contributed by atoms with Crippen LogP contribution in [0.1, 0.15) is 29.9 Å². The number of benzene rings is 1. The van der Waals surface area contributed by atoms with Gasteiger partial charge in [-0.1, -0.05) is 19.1 Å². The number of rotatable bonds is 4. The predicted octanol–water partition coefficient (Wildman–Crippen LogP) is 3.53. The summed E-state index contributed by atoms with van der Waals surface area (Å²) in [6.07, 6.45) is 2.48. The van der Waals surface area contributed by atoms with Gasteiger partial charge in [0.2, 0.25) is 0 Å². The summed E-state index contributed by atoms with van der Waals surface area (Å²) in [5.41, 5.74) is 3.77. The number of aromatic amines is 1. The van der Waals surface area contributed by atoms with Gasteiger partial charge in [0.25, 0.3) is 0 Å². The quantitative estimate of drug-likeness (QED) is 0.750. The van der Waals surface area contributed by atoms with Crippen molar-refractivity contribution in [1.82, 2.24) is 15.0 Å². The van der Waals surface area contributed by atoms with Crippen molar-refractivity contribution in [3.8, 4) is 0 Å². The Morgan fingerprint density at radius 3 is 2.86 bits per heavy atom. The summed E-state index contributed by atoms with van der Waals surface area (Å²) in [5, 5.41) is 0.376. The second-order valence-corrected chi connectivity index (χ2v) is 6.56. The fourth-order valence-electron chi connectivity index (χ4n) is 2.37. The first-order valence-corrected chi connectivity index (χ1v) is 8.18. The van der Waals surface area contributed by atoms with Gasteiger partial charge in [0.15, 0.2) is 5.25 Å². The maximum absolute atomic E-state index is 12.8. The molecule has 108 valence electrons. The zero-order valence-corrected chi connectivity index (χ0v) is 12.9. The highest BCUT2D eigenvalue weighted by Gasteiger charge is 2.29. The lowest BCUT2D eigenvalue weighted by Gasteiger charge is -2.17. The summed E-state index contributed by atoms with van der Waals surface area (Å²) >= 11 is -1.24. The van der Waals surface area contributed by atoms with Crippen molar-refractivity contribution >= 4 is 22.2 Å². The lowest BCUT2D eigenvalue weighted by molar-refractivity contribution is 0.569. The minimum atomic E-state index is -1.24. The largest absolute Gasteiger partial charge is 0.608 e. The van der Waals surface area contributed by atoms with Gasteiger partial charge < -0.3 is 4.55 Å². The van der Waals surface area contributed by atoms with Gasteiger partial charge in [0.05, 0.1) is 16.7 Å². The first-order valence-electron chi connectivity index (χ1n) is 6.97. The summed E-state index contributed by atoms with van der Waals surface area (Å²) in [4.78, 5) is 12.0. The summed E-state index contributed by atoms with van der Waals surface area (Å²) in [7, 11) is 0. The van der Waals surface area contributed by atoms with Crippen LogP contribution >= 0.6 is 0 Å². The number of fused-ring (bicyclic) bond motifs is 1. The molecule has 0 bridgehead atoms. The molecule has 1 aromatic carbocycles. The van der Waals surface area contributed by atoms with E-state index in [9.17, 15) is 4.55 Å². The van der Waals surface area contributed by atoms with Crippen LogP contribution in [0.25, 0.3) is 11.0 Å². The Bertz CT molecular complexity index is 742. The molecule has 0 aliphatic heterocycles. The fraction of sp³-hybridized carbons (Fsp3) is 0.250. The van der Waals surface area contributed by atoms with E-state index < -0.39 is 11.2 Å². The van der Waals surface area contributed by atoms with E-state index in [0.29, 0.717) is 5.16 Å². The number of H-pyrrole nitrogens is 1. The predicted molar refractivity (Wildman–Crippen MR) is 84.5 cm³/mol. The highest BCUT2D eigenvalue weighted by molar-refractivity contribution is 7.91. The number of nitrogens with zero attached hydrogens (tertiary/aromatic N) is 2. The molecule has 0 aliphatic rings. The molecule has 2 aromatic heterocycles. The summed E-state index contributed by atoms with van der Waals surface area (Å²) in [6, 6.07) is 11.7. The van der Waals surface area contributed by atoms with Crippen molar-refractivity contribution in [2.45, 2.75) is 30.7 Å². The topological polar surface area (TPSA) is 64.6 Å². The molecule has 5 heteroatoms. The minimum Gasteiger partial charge on any atom is -0.608 e. The highest BCUT2D eigenvalue weighted by Crippen LogP contribution is 2.30. The number of aryl methyl sites for hydroxylation is 1.